The van der Waals surface area contributed by atoms with Crippen LogP contribution in [0.2, 0.25) is 0 Å². The van der Waals surface area contributed by atoms with Gasteiger partial charge in [-0.25, -0.2) is 0 Å². The number of unbranched alkanes of at least 4 members (excludes halogenated alkanes) is 2. The Morgan fingerprint density at radius 3 is 2.38 bits per heavy atom. The zero-order chi connectivity index (χ0) is 15.3. The molecule has 0 saturated heterocycles. The molecular weight excluding hydrogens is 268 g/mol. The van der Waals surface area contributed by atoms with E-state index in [4.69, 9.17) is 18.9 Å². The first-order chi connectivity index (χ1) is 10.3. The van der Waals surface area contributed by atoms with Gasteiger partial charge in [-0.15, -0.1) is 0 Å². The lowest BCUT2D eigenvalue weighted by Crippen LogP contribution is -2.06. The minimum absolute atomic E-state index is 0.138. The van der Waals surface area contributed by atoms with E-state index in [1.807, 2.05) is 30.3 Å². The average Bonchev–Trinajstić information content (AvgIpc) is 2.54. The van der Waals surface area contributed by atoms with Gasteiger partial charge in [-0.05, 0) is 12.0 Å². The van der Waals surface area contributed by atoms with Crippen LogP contribution >= 0.6 is 0 Å². The summed E-state index contributed by atoms with van der Waals surface area (Å²) in [4.78, 5) is 0. The zero-order valence-electron chi connectivity index (χ0n) is 13.3. The smallest absolute Gasteiger partial charge is 0.320 e. The highest BCUT2D eigenvalue weighted by Gasteiger charge is 2.09. The largest absolute Gasteiger partial charge is 0.494 e. The molecule has 0 aliphatic carbocycles. The molecule has 0 amide bonds. The summed E-state index contributed by atoms with van der Waals surface area (Å²) in [6.07, 6.45) is 4.20. The van der Waals surface area contributed by atoms with E-state index in [9.17, 15) is 0 Å². The maximum absolute atomic E-state index is 5.51. The predicted molar refractivity (Wildman–Crippen MR) is 82.4 cm³/mol. The fraction of sp³-hybridized carbons (Fsp3) is 0.529. The van der Waals surface area contributed by atoms with Gasteiger partial charge in [0.05, 0.1) is 20.8 Å². The van der Waals surface area contributed by atoms with Crippen molar-refractivity contribution in [1.82, 2.24) is 0 Å². The number of benzene rings is 1. The second-order valence-corrected chi connectivity index (χ2v) is 4.67. The van der Waals surface area contributed by atoms with Crippen LogP contribution in [-0.4, -0.2) is 21.0 Å². The maximum Gasteiger partial charge on any atom is 0.320 e. The standard InChI is InChI=1S/C17H26O4/c1-4-5-7-12-16(18-2)17(19-3)21-14-20-13-15-10-8-6-9-11-15/h6,8-11H,4-5,7,12-14H2,1-3H3/b17-16-. The van der Waals surface area contributed by atoms with Crippen molar-refractivity contribution >= 4 is 0 Å². The second kappa shape index (κ2) is 11.0. The quantitative estimate of drug-likeness (QED) is 0.348. The van der Waals surface area contributed by atoms with Crippen LogP contribution in [0, 0.1) is 0 Å². The van der Waals surface area contributed by atoms with Gasteiger partial charge in [0.25, 0.3) is 0 Å². The molecule has 0 aliphatic rings. The van der Waals surface area contributed by atoms with Crippen LogP contribution in [-0.2, 0) is 25.6 Å². The van der Waals surface area contributed by atoms with E-state index in [-0.39, 0.29) is 6.79 Å². The van der Waals surface area contributed by atoms with Gasteiger partial charge in [0.1, 0.15) is 0 Å². The zero-order valence-corrected chi connectivity index (χ0v) is 13.3. The van der Waals surface area contributed by atoms with Crippen LogP contribution in [0.5, 0.6) is 0 Å². The van der Waals surface area contributed by atoms with Gasteiger partial charge in [-0.3, -0.25) is 0 Å². The van der Waals surface area contributed by atoms with E-state index in [1.165, 1.54) is 6.42 Å². The first kappa shape index (κ1) is 17.4. The lowest BCUT2D eigenvalue weighted by Gasteiger charge is -2.14. The molecule has 0 bridgehead atoms. The number of hydrogen-bond acceptors (Lipinski definition) is 4. The topological polar surface area (TPSA) is 36.9 Å². The monoisotopic (exact) mass is 294 g/mol. The first-order valence-corrected chi connectivity index (χ1v) is 7.37. The summed E-state index contributed by atoms with van der Waals surface area (Å²) in [6.45, 7) is 2.82. The Balaban J connectivity index is 2.37. The molecule has 21 heavy (non-hydrogen) atoms. The van der Waals surface area contributed by atoms with Gasteiger partial charge in [-0.2, -0.15) is 0 Å². The molecule has 1 aromatic carbocycles. The van der Waals surface area contributed by atoms with Crippen molar-refractivity contribution in [2.45, 2.75) is 39.2 Å². The Labute approximate surface area is 127 Å². The summed E-state index contributed by atoms with van der Waals surface area (Å²) in [5, 5.41) is 0. The second-order valence-electron chi connectivity index (χ2n) is 4.67. The molecule has 1 rings (SSSR count). The van der Waals surface area contributed by atoms with Crippen LogP contribution in [0.25, 0.3) is 0 Å². The SMILES string of the molecule is CCCCC/C(OC)=C(\OC)OCOCc1ccccc1. The highest BCUT2D eigenvalue weighted by molar-refractivity contribution is 5.13. The van der Waals surface area contributed by atoms with Crippen molar-refractivity contribution in [2.75, 3.05) is 21.0 Å². The van der Waals surface area contributed by atoms with E-state index in [1.54, 1.807) is 14.2 Å². The van der Waals surface area contributed by atoms with E-state index in [0.717, 1.165) is 30.6 Å². The summed E-state index contributed by atoms with van der Waals surface area (Å²) in [6, 6.07) is 9.97. The molecule has 0 aromatic heterocycles. The fourth-order valence-electron chi connectivity index (χ4n) is 1.91. The Bertz CT molecular complexity index is 401. The Morgan fingerprint density at radius 1 is 1.00 bits per heavy atom. The summed E-state index contributed by atoms with van der Waals surface area (Å²) in [7, 11) is 3.21. The molecule has 0 spiro atoms. The molecule has 0 fully saturated rings. The Kier molecular flexibility index (Phi) is 9.13. The maximum atomic E-state index is 5.51. The molecule has 1 aromatic rings. The van der Waals surface area contributed by atoms with Crippen LogP contribution in [0.1, 0.15) is 38.2 Å². The van der Waals surface area contributed by atoms with Gasteiger partial charge < -0.3 is 18.9 Å². The molecule has 0 atom stereocenters. The van der Waals surface area contributed by atoms with Crippen molar-refractivity contribution in [2.24, 2.45) is 0 Å². The molecule has 0 saturated carbocycles. The molecule has 0 aliphatic heterocycles. The van der Waals surface area contributed by atoms with Crippen LogP contribution in [0.3, 0.4) is 0 Å². The minimum Gasteiger partial charge on any atom is -0.494 e. The highest BCUT2D eigenvalue weighted by atomic mass is 16.7. The number of rotatable bonds is 11. The first-order valence-electron chi connectivity index (χ1n) is 7.37. The van der Waals surface area contributed by atoms with Crippen molar-refractivity contribution in [3.63, 3.8) is 0 Å². The van der Waals surface area contributed by atoms with Gasteiger partial charge in [0.15, 0.2) is 12.6 Å². The van der Waals surface area contributed by atoms with Crippen LogP contribution in [0.15, 0.2) is 42.0 Å². The van der Waals surface area contributed by atoms with Gasteiger partial charge in [0.2, 0.25) is 0 Å². The van der Waals surface area contributed by atoms with Crippen LogP contribution < -0.4 is 0 Å². The van der Waals surface area contributed by atoms with Crippen molar-refractivity contribution < 1.29 is 18.9 Å². The number of ether oxygens (including phenoxy) is 4. The molecule has 0 radical (unpaired) electrons. The average molecular weight is 294 g/mol. The van der Waals surface area contributed by atoms with E-state index in [0.29, 0.717) is 12.6 Å². The summed E-state index contributed by atoms with van der Waals surface area (Å²) in [5.41, 5.74) is 1.11. The lowest BCUT2D eigenvalue weighted by atomic mass is 10.2. The van der Waals surface area contributed by atoms with E-state index >= 15 is 0 Å². The molecule has 0 heterocycles. The third-order valence-corrected chi connectivity index (χ3v) is 3.05. The Morgan fingerprint density at radius 2 is 1.76 bits per heavy atom. The third-order valence-electron chi connectivity index (χ3n) is 3.05. The van der Waals surface area contributed by atoms with Crippen molar-refractivity contribution in [3.05, 3.63) is 47.6 Å². The van der Waals surface area contributed by atoms with Crippen molar-refractivity contribution in [3.8, 4) is 0 Å². The summed E-state index contributed by atoms with van der Waals surface area (Å²) < 4.78 is 21.6. The van der Waals surface area contributed by atoms with Gasteiger partial charge in [0, 0.05) is 6.42 Å². The van der Waals surface area contributed by atoms with Crippen LogP contribution in [0.4, 0.5) is 0 Å². The predicted octanol–water partition coefficient (Wildman–Crippen LogP) is 4.22. The molecular formula is C17H26O4. The molecule has 0 N–H and O–H groups in total. The summed E-state index contributed by atoms with van der Waals surface area (Å²) >= 11 is 0. The number of methoxy groups -OCH3 is 2. The Hall–Kier alpha value is -1.68. The summed E-state index contributed by atoms with van der Waals surface area (Å²) in [5.74, 6) is 1.14. The minimum atomic E-state index is 0.138. The number of hydrogen-bond donors (Lipinski definition) is 0. The highest BCUT2D eigenvalue weighted by Crippen LogP contribution is 2.16. The van der Waals surface area contributed by atoms with E-state index in [2.05, 4.69) is 6.92 Å². The molecule has 4 nitrogen and oxygen atoms in total. The number of allylic oxidation sites excluding steroid dienone is 1. The van der Waals surface area contributed by atoms with Crippen molar-refractivity contribution in [1.29, 1.82) is 0 Å². The molecule has 118 valence electrons. The van der Waals surface area contributed by atoms with Gasteiger partial charge in [-0.1, -0.05) is 50.1 Å². The normalized spacial score (nSPS) is 11.8. The fourth-order valence-corrected chi connectivity index (χ4v) is 1.91. The van der Waals surface area contributed by atoms with E-state index < -0.39 is 0 Å². The molecule has 4 heteroatoms. The molecule has 0 unspecified atom stereocenters. The third kappa shape index (κ3) is 7.04. The van der Waals surface area contributed by atoms with Gasteiger partial charge >= 0.3 is 5.95 Å². The lowest BCUT2D eigenvalue weighted by molar-refractivity contribution is -0.0801.